The second-order valence-corrected chi connectivity index (χ2v) is 13.0. The van der Waals surface area contributed by atoms with E-state index in [2.05, 4.69) is 5.32 Å². The Morgan fingerprint density at radius 1 is 0.929 bits per heavy atom. The molecule has 3 aromatic carbocycles. The van der Waals surface area contributed by atoms with Crippen molar-refractivity contribution in [3.05, 3.63) is 87.9 Å². The first-order chi connectivity index (χ1) is 19.8. The quantitative estimate of drug-likeness (QED) is 0.246. The summed E-state index contributed by atoms with van der Waals surface area (Å²) in [6, 6.07) is 16.9. The van der Waals surface area contributed by atoms with Gasteiger partial charge in [-0.1, -0.05) is 60.8 Å². The molecule has 0 saturated heterocycles. The molecule has 0 bridgehead atoms. The van der Waals surface area contributed by atoms with Crippen LogP contribution in [0.25, 0.3) is 0 Å². The minimum Gasteiger partial charge on any atom is -0.494 e. The number of nitrogens with one attached hydrogen (secondary N) is 1. The van der Waals surface area contributed by atoms with Gasteiger partial charge < -0.3 is 15.0 Å². The van der Waals surface area contributed by atoms with Crippen LogP contribution in [-0.2, 0) is 26.2 Å². The van der Waals surface area contributed by atoms with E-state index in [1.165, 1.54) is 17.0 Å². The molecule has 3 aromatic rings. The Balaban J connectivity index is 2.04. The number of rotatable bonds is 13. The standard InChI is InChI=1S/C31H37Cl2N3O5S/c1-6-41-25-14-16-26(17-15-25)42(39,40)36(24-12-10-22(4)11-13-24)20-30(37)35(23(5)31(38)34-18-21(2)3)19-27-28(32)8-7-9-29(27)33/h7-17,21,23H,6,18-20H2,1-5H3,(H,34,38). The first kappa shape index (κ1) is 33.2. The average molecular weight is 635 g/mol. The van der Waals surface area contributed by atoms with E-state index in [-0.39, 0.29) is 23.3 Å². The lowest BCUT2D eigenvalue weighted by Gasteiger charge is -2.32. The van der Waals surface area contributed by atoms with E-state index in [0.717, 1.165) is 9.87 Å². The fourth-order valence-corrected chi connectivity index (χ4v) is 6.06. The van der Waals surface area contributed by atoms with Gasteiger partial charge in [0.1, 0.15) is 18.3 Å². The lowest BCUT2D eigenvalue weighted by Crippen LogP contribution is -2.51. The summed E-state index contributed by atoms with van der Waals surface area (Å²) in [6.07, 6.45) is 0. The predicted octanol–water partition coefficient (Wildman–Crippen LogP) is 6.09. The average Bonchev–Trinajstić information content (AvgIpc) is 2.95. The van der Waals surface area contributed by atoms with Crippen LogP contribution >= 0.6 is 23.2 Å². The van der Waals surface area contributed by atoms with Gasteiger partial charge in [-0.2, -0.15) is 0 Å². The molecule has 0 radical (unpaired) electrons. The zero-order chi connectivity index (χ0) is 31.0. The molecule has 11 heteroatoms. The minimum atomic E-state index is -4.21. The minimum absolute atomic E-state index is 0.0113. The molecule has 3 rings (SSSR count). The Morgan fingerprint density at radius 2 is 1.52 bits per heavy atom. The Hall–Kier alpha value is -3.27. The van der Waals surface area contributed by atoms with Crippen molar-refractivity contribution in [1.82, 2.24) is 10.2 Å². The molecule has 0 aliphatic rings. The second kappa shape index (κ2) is 14.8. The molecule has 1 atom stereocenters. The molecule has 0 aliphatic heterocycles. The van der Waals surface area contributed by atoms with Gasteiger partial charge in [0.15, 0.2) is 0 Å². The summed E-state index contributed by atoms with van der Waals surface area (Å²) >= 11 is 12.9. The Labute approximate surface area is 258 Å². The lowest BCUT2D eigenvalue weighted by atomic mass is 10.1. The second-order valence-electron chi connectivity index (χ2n) is 10.3. The summed E-state index contributed by atoms with van der Waals surface area (Å²) in [7, 11) is -4.21. The number of sulfonamides is 1. The number of ether oxygens (including phenoxy) is 1. The summed E-state index contributed by atoms with van der Waals surface area (Å²) in [5.41, 5.74) is 1.68. The van der Waals surface area contributed by atoms with Gasteiger partial charge >= 0.3 is 0 Å². The van der Waals surface area contributed by atoms with Crippen LogP contribution in [0.2, 0.25) is 10.0 Å². The van der Waals surface area contributed by atoms with Crippen molar-refractivity contribution >= 4 is 50.7 Å². The molecule has 1 unspecified atom stereocenters. The molecule has 8 nitrogen and oxygen atoms in total. The highest BCUT2D eigenvalue weighted by molar-refractivity contribution is 7.92. The molecular formula is C31H37Cl2N3O5S. The molecule has 226 valence electrons. The molecule has 0 aliphatic carbocycles. The SMILES string of the molecule is CCOc1ccc(S(=O)(=O)N(CC(=O)N(Cc2c(Cl)cccc2Cl)C(C)C(=O)NCC(C)C)c2ccc(C)cc2)cc1. The fourth-order valence-electron chi connectivity index (χ4n) is 4.13. The van der Waals surface area contributed by atoms with Gasteiger partial charge in [0, 0.05) is 28.7 Å². The third-order valence-electron chi connectivity index (χ3n) is 6.57. The number of halogens is 2. The van der Waals surface area contributed by atoms with Crippen LogP contribution < -0.4 is 14.4 Å². The fraction of sp³-hybridized carbons (Fsp3) is 0.355. The molecule has 0 aromatic heterocycles. The summed E-state index contributed by atoms with van der Waals surface area (Å²) < 4.78 is 34.5. The number of hydrogen-bond donors (Lipinski definition) is 1. The van der Waals surface area contributed by atoms with Gasteiger partial charge in [0.2, 0.25) is 11.8 Å². The largest absolute Gasteiger partial charge is 0.494 e. The summed E-state index contributed by atoms with van der Waals surface area (Å²) in [5, 5.41) is 3.51. The molecule has 0 heterocycles. The van der Waals surface area contributed by atoms with E-state index in [1.54, 1.807) is 61.5 Å². The maximum absolute atomic E-state index is 14.1. The van der Waals surface area contributed by atoms with Crippen LogP contribution in [0.4, 0.5) is 5.69 Å². The topological polar surface area (TPSA) is 96.0 Å². The predicted molar refractivity (Wildman–Crippen MR) is 168 cm³/mol. The lowest BCUT2D eigenvalue weighted by molar-refractivity contribution is -0.139. The highest BCUT2D eigenvalue weighted by Crippen LogP contribution is 2.29. The number of carbonyl (C=O) groups excluding carboxylic acids is 2. The third kappa shape index (κ3) is 8.40. The van der Waals surface area contributed by atoms with Crippen molar-refractivity contribution in [2.24, 2.45) is 5.92 Å². The van der Waals surface area contributed by atoms with Crippen molar-refractivity contribution in [3.8, 4) is 5.75 Å². The van der Waals surface area contributed by atoms with Crippen LogP contribution in [0.5, 0.6) is 5.75 Å². The molecule has 0 fully saturated rings. The van der Waals surface area contributed by atoms with E-state index >= 15 is 0 Å². The normalized spacial score (nSPS) is 12.1. The van der Waals surface area contributed by atoms with Gasteiger partial charge in [-0.3, -0.25) is 13.9 Å². The number of hydrogen-bond acceptors (Lipinski definition) is 5. The zero-order valence-electron chi connectivity index (χ0n) is 24.4. The summed E-state index contributed by atoms with van der Waals surface area (Å²) in [5.74, 6) is -0.261. The summed E-state index contributed by atoms with van der Waals surface area (Å²) in [6.45, 7) is 9.42. The van der Waals surface area contributed by atoms with Crippen LogP contribution in [-0.4, -0.2) is 50.9 Å². The smallest absolute Gasteiger partial charge is 0.264 e. The molecule has 0 spiro atoms. The van der Waals surface area contributed by atoms with Crippen molar-refractivity contribution < 1.29 is 22.7 Å². The maximum Gasteiger partial charge on any atom is 0.264 e. The maximum atomic E-state index is 14.1. The van der Waals surface area contributed by atoms with E-state index in [1.807, 2.05) is 27.7 Å². The van der Waals surface area contributed by atoms with Crippen LogP contribution in [0, 0.1) is 12.8 Å². The first-order valence-corrected chi connectivity index (χ1v) is 15.9. The van der Waals surface area contributed by atoms with E-state index < -0.39 is 28.5 Å². The van der Waals surface area contributed by atoms with Crippen LogP contribution in [0.1, 0.15) is 38.8 Å². The van der Waals surface area contributed by atoms with E-state index in [4.69, 9.17) is 27.9 Å². The van der Waals surface area contributed by atoms with E-state index in [0.29, 0.717) is 40.2 Å². The van der Waals surface area contributed by atoms with Gasteiger partial charge in [-0.25, -0.2) is 8.42 Å². The van der Waals surface area contributed by atoms with E-state index in [9.17, 15) is 18.0 Å². The number of benzene rings is 3. The third-order valence-corrected chi connectivity index (χ3v) is 9.06. The number of carbonyl (C=O) groups is 2. The molecule has 1 N–H and O–H groups in total. The van der Waals surface area contributed by atoms with Crippen LogP contribution in [0.3, 0.4) is 0 Å². The Morgan fingerprint density at radius 3 is 2.07 bits per heavy atom. The molecule has 42 heavy (non-hydrogen) atoms. The zero-order valence-corrected chi connectivity index (χ0v) is 26.8. The first-order valence-electron chi connectivity index (χ1n) is 13.7. The number of aryl methyl sites for hydroxylation is 1. The van der Waals surface area contributed by atoms with Gasteiger partial charge in [-0.15, -0.1) is 0 Å². The van der Waals surface area contributed by atoms with Crippen molar-refractivity contribution in [2.75, 3.05) is 24.0 Å². The van der Waals surface area contributed by atoms with Gasteiger partial charge in [-0.05, 0) is 75.2 Å². The number of anilines is 1. The summed E-state index contributed by atoms with van der Waals surface area (Å²) in [4.78, 5) is 28.5. The van der Waals surface area contributed by atoms with Crippen molar-refractivity contribution in [1.29, 1.82) is 0 Å². The molecular weight excluding hydrogens is 597 g/mol. The molecule has 2 amide bonds. The van der Waals surface area contributed by atoms with Crippen molar-refractivity contribution in [2.45, 2.75) is 52.1 Å². The Kier molecular flexibility index (Phi) is 11.7. The number of amides is 2. The highest BCUT2D eigenvalue weighted by atomic mass is 35.5. The van der Waals surface area contributed by atoms with Crippen LogP contribution in [0.15, 0.2) is 71.6 Å². The van der Waals surface area contributed by atoms with Gasteiger partial charge in [0.25, 0.3) is 10.0 Å². The highest BCUT2D eigenvalue weighted by Gasteiger charge is 2.33. The van der Waals surface area contributed by atoms with Crippen molar-refractivity contribution in [3.63, 3.8) is 0 Å². The van der Waals surface area contributed by atoms with Gasteiger partial charge in [0.05, 0.1) is 17.2 Å². The monoisotopic (exact) mass is 633 g/mol. The molecule has 0 saturated carbocycles. The number of nitrogens with zero attached hydrogens (tertiary/aromatic N) is 2. The Bertz CT molecular complexity index is 1460.